The van der Waals surface area contributed by atoms with E-state index in [1.54, 1.807) is 32.4 Å². The minimum atomic E-state index is -0.0958. The highest BCUT2D eigenvalue weighted by Crippen LogP contribution is 2.30. The second kappa shape index (κ2) is 4.37. The number of pyridine rings is 1. The minimum absolute atomic E-state index is 0.0958. The van der Waals surface area contributed by atoms with Gasteiger partial charge in [-0.25, -0.2) is 5.43 Å². The number of hydrogen-bond donors (Lipinski definition) is 1. The van der Waals surface area contributed by atoms with E-state index in [9.17, 15) is 4.79 Å². The average molecular weight is 256 g/mol. The van der Waals surface area contributed by atoms with Crippen molar-refractivity contribution in [1.82, 2.24) is 15.4 Å². The van der Waals surface area contributed by atoms with Crippen molar-refractivity contribution in [2.75, 3.05) is 14.1 Å². The zero-order valence-corrected chi connectivity index (χ0v) is 10.4. The third-order valence-electron chi connectivity index (χ3n) is 2.21. The lowest BCUT2D eigenvalue weighted by Crippen LogP contribution is -2.36. The molecular formula is C10H10ClN3OS. The summed E-state index contributed by atoms with van der Waals surface area (Å²) >= 11 is 7.37. The van der Waals surface area contributed by atoms with Crippen LogP contribution in [0.5, 0.6) is 0 Å². The fraction of sp³-hybridized carbons (Fsp3) is 0.200. The van der Waals surface area contributed by atoms with Gasteiger partial charge in [-0.1, -0.05) is 11.6 Å². The predicted octanol–water partition coefficient (Wildman–Crippen LogP) is 2.16. The predicted molar refractivity (Wildman–Crippen MR) is 65.8 cm³/mol. The van der Waals surface area contributed by atoms with Crippen LogP contribution in [0.25, 0.3) is 10.2 Å². The fourth-order valence-corrected chi connectivity index (χ4v) is 2.54. The SMILES string of the molecule is CNN(C)C(=O)c1cc2nccc(Cl)c2s1. The third kappa shape index (κ3) is 1.89. The van der Waals surface area contributed by atoms with Gasteiger partial charge >= 0.3 is 0 Å². The molecule has 2 aromatic rings. The number of amides is 1. The number of hydrazine groups is 1. The summed E-state index contributed by atoms with van der Waals surface area (Å²) in [7, 11) is 3.36. The molecule has 0 radical (unpaired) electrons. The zero-order valence-electron chi connectivity index (χ0n) is 8.82. The average Bonchev–Trinajstić information content (AvgIpc) is 2.72. The van der Waals surface area contributed by atoms with Crippen molar-refractivity contribution in [2.24, 2.45) is 0 Å². The molecule has 1 N–H and O–H groups in total. The van der Waals surface area contributed by atoms with Crippen molar-refractivity contribution in [3.63, 3.8) is 0 Å². The molecule has 2 aromatic heterocycles. The van der Waals surface area contributed by atoms with Crippen LogP contribution in [0.3, 0.4) is 0 Å². The number of halogens is 1. The minimum Gasteiger partial charge on any atom is -0.277 e. The molecule has 0 aliphatic rings. The van der Waals surface area contributed by atoms with Crippen LogP contribution in [-0.4, -0.2) is 30.0 Å². The normalized spacial score (nSPS) is 10.7. The number of carbonyl (C=O) groups excluding carboxylic acids is 1. The third-order valence-corrected chi connectivity index (χ3v) is 3.79. The van der Waals surface area contributed by atoms with Crippen LogP contribution < -0.4 is 5.43 Å². The number of hydrogen-bond acceptors (Lipinski definition) is 4. The zero-order chi connectivity index (χ0) is 11.7. The van der Waals surface area contributed by atoms with Crippen LogP contribution in [0.4, 0.5) is 0 Å². The summed E-state index contributed by atoms with van der Waals surface area (Å²) in [5.74, 6) is -0.0958. The largest absolute Gasteiger partial charge is 0.277 e. The fourth-order valence-electron chi connectivity index (χ4n) is 1.28. The molecule has 6 heteroatoms. The molecule has 0 saturated heterocycles. The van der Waals surface area contributed by atoms with E-state index in [1.165, 1.54) is 16.3 Å². The maximum Gasteiger partial charge on any atom is 0.277 e. The Morgan fingerprint density at radius 2 is 2.38 bits per heavy atom. The second-order valence-electron chi connectivity index (χ2n) is 3.21. The first-order valence-electron chi connectivity index (χ1n) is 4.63. The topological polar surface area (TPSA) is 45.2 Å². The standard InChI is InChI=1S/C10H10ClN3OS/c1-12-14(2)10(15)8-5-7-9(16-8)6(11)3-4-13-7/h3-5,12H,1-2H3. The molecular weight excluding hydrogens is 246 g/mol. The van der Waals surface area contributed by atoms with E-state index in [1.807, 2.05) is 0 Å². The monoisotopic (exact) mass is 255 g/mol. The van der Waals surface area contributed by atoms with Gasteiger partial charge in [0.05, 0.1) is 20.1 Å². The van der Waals surface area contributed by atoms with Gasteiger partial charge in [-0.05, 0) is 12.1 Å². The van der Waals surface area contributed by atoms with Gasteiger partial charge in [0.2, 0.25) is 0 Å². The lowest BCUT2D eigenvalue weighted by Gasteiger charge is -2.13. The summed E-state index contributed by atoms with van der Waals surface area (Å²) < 4.78 is 0.844. The molecule has 0 aliphatic carbocycles. The van der Waals surface area contributed by atoms with Crippen molar-refractivity contribution in [3.05, 3.63) is 28.2 Å². The highest BCUT2D eigenvalue weighted by molar-refractivity contribution is 7.21. The summed E-state index contributed by atoms with van der Waals surface area (Å²) in [5.41, 5.74) is 3.51. The lowest BCUT2D eigenvalue weighted by molar-refractivity contribution is 0.0740. The highest BCUT2D eigenvalue weighted by atomic mass is 35.5. The Kier molecular flexibility index (Phi) is 3.09. The van der Waals surface area contributed by atoms with Gasteiger partial charge in [0.25, 0.3) is 5.91 Å². The van der Waals surface area contributed by atoms with E-state index in [0.717, 1.165) is 10.2 Å². The van der Waals surface area contributed by atoms with Crippen LogP contribution >= 0.6 is 22.9 Å². The molecule has 0 aliphatic heterocycles. The van der Waals surface area contributed by atoms with Crippen LogP contribution in [0.1, 0.15) is 9.67 Å². The Morgan fingerprint density at radius 3 is 3.00 bits per heavy atom. The molecule has 0 unspecified atom stereocenters. The van der Waals surface area contributed by atoms with E-state index in [2.05, 4.69) is 10.4 Å². The smallest absolute Gasteiger partial charge is 0.277 e. The first kappa shape index (κ1) is 11.3. The summed E-state index contributed by atoms with van der Waals surface area (Å²) in [6.45, 7) is 0. The quantitative estimate of drug-likeness (QED) is 0.837. The second-order valence-corrected chi connectivity index (χ2v) is 4.66. The van der Waals surface area contributed by atoms with Crippen LogP contribution in [0.2, 0.25) is 5.02 Å². The Labute approximate surface area is 102 Å². The van der Waals surface area contributed by atoms with E-state index in [4.69, 9.17) is 11.6 Å². The number of rotatable bonds is 2. The lowest BCUT2D eigenvalue weighted by atomic mass is 10.3. The summed E-state index contributed by atoms with van der Waals surface area (Å²) in [6.07, 6.45) is 1.63. The summed E-state index contributed by atoms with van der Waals surface area (Å²) in [4.78, 5) is 16.6. The molecule has 84 valence electrons. The molecule has 16 heavy (non-hydrogen) atoms. The highest BCUT2D eigenvalue weighted by Gasteiger charge is 2.15. The Morgan fingerprint density at radius 1 is 1.62 bits per heavy atom. The molecule has 0 fully saturated rings. The molecule has 1 amide bonds. The maximum absolute atomic E-state index is 11.9. The Balaban J connectivity index is 2.48. The van der Waals surface area contributed by atoms with Crippen LogP contribution in [0.15, 0.2) is 18.3 Å². The first-order chi connectivity index (χ1) is 7.63. The van der Waals surface area contributed by atoms with Crippen molar-refractivity contribution in [3.8, 4) is 0 Å². The molecule has 0 atom stereocenters. The number of carbonyl (C=O) groups is 1. The van der Waals surface area contributed by atoms with E-state index in [0.29, 0.717) is 9.90 Å². The summed E-state index contributed by atoms with van der Waals surface area (Å²) in [5, 5.41) is 2.04. The van der Waals surface area contributed by atoms with Crippen molar-refractivity contribution >= 4 is 39.1 Å². The van der Waals surface area contributed by atoms with Gasteiger partial charge in [-0.15, -0.1) is 11.3 Å². The van der Waals surface area contributed by atoms with Crippen LogP contribution in [-0.2, 0) is 0 Å². The molecule has 0 saturated carbocycles. The molecule has 2 rings (SSSR count). The van der Waals surface area contributed by atoms with Crippen molar-refractivity contribution in [1.29, 1.82) is 0 Å². The molecule has 4 nitrogen and oxygen atoms in total. The Bertz CT molecular complexity index is 540. The van der Waals surface area contributed by atoms with Gasteiger partial charge < -0.3 is 0 Å². The Hall–Kier alpha value is -1.17. The van der Waals surface area contributed by atoms with E-state index >= 15 is 0 Å². The number of thiophene rings is 1. The molecule has 0 aromatic carbocycles. The van der Waals surface area contributed by atoms with Gasteiger partial charge in [-0.2, -0.15) is 0 Å². The van der Waals surface area contributed by atoms with E-state index < -0.39 is 0 Å². The molecule has 2 heterocycles. The van der Waals surface area contributed by atoms with Gasteiger partial charge in [0.1, 0.15) is 0 Å². The number of aromatic nitrogens is 1. The van der Waals surface area contributed by atoms with Gasteiger partial charge in [0.15, 0.2) is 0 Å². The summed E-state index contributed by atoms with van der Waals surface area (Å²) in [6, 6.07) is 3.47. The number of nitrogens with one attached hydrogen (secondary N) is 1. The first-order valence-corrected chi connectivity index (χ1v) is 5.82. The van der Waals surface area contributed by atoms with Gasteiger partial charge in [-0.3, -0.25) is 14.8 Å². The van der Waals surface area contributed by atoms with Crippen molar-refractivity contribution in [2.45, 2.75) is 0 Å². The molecule has 0 spiro atoms. The number of fused-ring (bicyclic) bond motifs is 1. The van der Waals surface area contributed by atoms with Crippen molar-refractivity contribution < 1.29 is 4.79 Å². The van der Waals surface area contributed by atoms with Gasteiger partial charge in [0, 0.05) is 20.3 Å². The maximum atomic E-state index is 11.9. The van der Waals surface area contributed by atoms with Crippen LogP contribution in [0, 0.1) is 0 Å². The van der Waals surface area contributed by atoms with E-state index in [-0.39, 0.29) is 5.91 Å². The number of nitrogens with zero attached hydrogens (tertiary/aromatic N) is 2. The molecule has 0 bridgehead atoms.